The lowest BCUT2D eigenvalue weighted by Gasteiger charge is -2.31. The van der Waals surface area contributed by atoms with Crippen LogP contribution in [0.5, 0.6) is 0 Å². The maximum Gasteiger partial charge on any atom is 0.243 e. The minimum absolute atomic E-state index is 0.0292. The van der Waals surface area contributed by atoms with E-state index in [1.54, 1.807) is 4.31 Å². The molecule has 0 amide bonds. The Kier molecular flexibility index (Phi) is 4.71. The summed E-state index contributed by atoms with van der Waals surface area (Å²) in [6.07, 6.45) is 2.80. The van der Waals surface area contributed by atoms with E-state index in [2.05, 4.69) is 0 Å². The molecule has 1 atom stereocenters. The minimum atomic E-state index is -3.70. The Hall–Kier alpha value is -0.920. The van der Waals surface area contributed by atoms with Crippen LogP contribution in [-0.4, -0.2) is 39.5 Å². The summed E-state index contributed by atoms with van der Waals surface area (Å²) in [6, 6.07) is 5.53. The molecule has 1 aromatic rings. The van der Waals surface area contributed by atoms with Gasteiger partial charge < -0.3 is 0 Å². The Labute approximate surface area is 133 Å². The Bertz CT molecular complexity index is 750. The Morgan fingerprint density at radius 2 is 1.59 bits per heavy atom. The standard InChI is InChI=1S/C15H23NO4S2/c1-11(2)12(3)16(13-8-9-13)22(19,20)15-7-5-6-14(10-15)21(4,17)18/h5-7,10-13H,8-9H2,1-4H3/t12-/m1/s1. The van der Waals surface area contributed by atoms with Crippen LogP contribution in [0.3, 0.4) is 0 Å². The molecule has 0 N–H and O–H groups in total. The number of nitrogens with zero attached hydrogens (tertiary/aromatic N) is 1. The van der Waals surface area contributed by atoms with Gasteiger partial charge in [0.1, 0.15) is 0 Å². The quantitative estimate of drug-likeness (QED) is 0.793. The average molecular weight is 345 g/mol. The third kappa shape index (κ3) is 3.52. The maximum absolute atomic E-state index is 13.0. The van der Waals surface area contributed by atoms with Crippen LogP contribution in [0, 0.1) is 5.92 Å². The molecule has 5 nitrogen and oxygen atoms in total. The van der Waals surface area contributed by atoms with Crippen LogP contribution < -0.4 is 0 Å². The first-order valence-electron chi connectivity index (χ1n) is 7.39. The number of hydrogen-bond acceptors (Lipinski definition) is 4. The highest BCUT2D eigenvalue weighted by atomic mass is 32.2. The highest BCUT2D eigenvalue weighted by Crippen LogP contribution is 2.36. The van der Waals surface area contributed by atoms with Crippen LogP contribution in [0.4, 0.5) is 0 Å². The molecule has 1 aliphatic rings. The average Bonchev–Trinajstić information content (AvgIpc) is 3.22. The second-order valence-corrected chi connectivity index (χ2v) is 10.2. The van der Waals surface area contributed by atoms with Crippen molar-refractivity contribution in [1.29, 1.82) is 0 Å². The lowest BCUT2D eigenvalue weighted by molar-refractivity contribution is 0.269. The molecule has 0 spiro atoms. The molecular weight excluding hydrogens is 322 g/mol. The van der Waals surface area contributed by atoms with Gasteiger partial charge in [0.2, 0.25) is 10.0 Å². The van der Waals surface area contributed by atoms with E-state index >= 15 is 0 Å². The molecule has 2 rings (SSSR count). The molecular formula is C15H23NO4S2. The fraction of sp³-hybridized carbons (Fsp3) is 0.600. The molecule has 0 heterocycles. The van der Waals surface area contributed by atoms with Crippen molar-refractivity contribution in [3.63, 3.8) is 0 Å². The molecule has 0 radical (unpaired) electrons. The number of hydrogen-bond donors (Lipinski definition) is 0. The molecule has 0 aromatic heterocycles. The summed E-state index contributed by atoms with van der Waals surface area (Å²) in [7, 11) is -7.13. The van der Waals surface area contributed by atoms with Crippen LogP contribution in [-0.2, 0) is 19.9 Å². The number of sulfone groups is 1. The summed E-state index contributed by atoms with van der Waals surface area (Å²) >= 11 is 0. The highest BCUT2D eigenvalue weighted by molar-refractivity contribution is 7.91. The zero-order chi connectivity index (χ0) is 16.7. The molecule has 1 fully saturated rings. The first-order valence-corrected chi connectivity index (χ1v) is 10.7. The van der Waals surface area contributed by atoms with E-state index in [-0.39, 0.29) is 27.8 Å². The van der Waals surface area contributed by atoms with Crippen molar-refractivity contribution >= 4 is 19.9 Å². The summed E-state index contributed by atoms with van der Waals surface area (Å²) in [6.45, 7) is 5.88. The van der Waals surface area contributed by atoms with E-state index in [0.29, 0.717) is 0 Å². The smallest absolute Gasteiger partial charge is 0.224 e. The molecule has 1 aliphatic carbocycles. The van der Waals surface area contributed by atoms with Crippen LogP contribution in [0.15, 0.2) is 34.1 Å². The zero-order valence-corrected chi connectivity index (χ0v) is 15.0. The molecule has 0 saturated heterocycles. The summed E-state index contributed by atoms with van der Waals surface area (Å²) in [4.78, 5) is 0.0800. The second-order valence-electron chi connectivity index (χ2n) is 6.30. The molecule has 0 aliphatic heterocycles. The second kappa shape index (κ2) is 5.94. The topological polar surface area (TPSA) is 71.5 Å². The van der Waals surface area contributed by atoms with Gasteiger partial charge in [0.25, 0.3) is 0 Å². The van der Waals surface area contributed by atoms with Crippen LogP contribution >= 0.6 is 0 Å². The summed E-state index contributed by atoms with van der Waals surface area (Å²) in [5.41, 5.74) is 0. The van der Waals surface area contributed by atoms with Gasteiger partial charge in [0, 0.05) is 18.3 Å². The molecule has 124 valence electrons. The number of sulfonamides is 1. The summed E-state index contributed by atoms with van der Waals surface area (Å²) in [5.74, 6) is 0.188. The number of benzene rings is 1. The van der Waals surface area contributed by atoms with E-state index in [1.807, 2.05) is 20.8 Å². The molecule has 1 saturated carbocycles. The van der Waals surface area contributed by atoms with Gasteiger partial charge in [0.05, 0.1) is 9.79 Å². The number of rotatable bonds is 6. The van der Waals surface area contributed by atoms with Crippen LogP contribution in [0.2, 0.25) is 0 Å². The molecule has 0 unspecified atom stereocenters. The third-order valence-corrected chi connectivity index (χ3v) is 7.23. The van der Waals surface area contributed by atoms with Gasteiger partial charge in [-0.2, -0.15) is 4.31 Å². The van der Waals surface area contributed by atoms with Gasteiger partial charge in [-0.05, 0) is 43.9 Å². The minimum Gasteiger partial charge on any atom is -0.224 e. The monoisotopic (exact) mass is 345 g/mol. The predicted molar refractivity (Wildman–Crippen MR) is 85.9 cm³/mol. The van der Waals surface area contributed by atoms with E-state index in [1.165, 1.54) is 24.3 Å². The first-order chi connectivity index (χ1) is 10.0. The van der Waals surface area contributed by atoms with Crippen molar-refractivity contribution < 1.29 is 16.8 Å². The predicted octanol–water partition coefficient (Wildman–Crippen LogP) is 2.29. The van der Waals surface area contributed by atoms with Crippen LogP contribution in [0.25, 0.3) is 0 Å². The van der Waals surface area contributed by atoms with Gasteiger partial charge in [-0.15, -0.1) is 0 Å². The van der Waals surface area contributed by atoms with Gasteiger partial charge in [0.15, 0.2) is 9.84 Å². The largest absolute Gasteiger partial charge is 0.243 e. The van der Waals surface area contributed by atoms with Gasteiger partial charge >= 0.3 is 0 Å². The first kappa shape index (κ1) is 17.4. The van der Waals surface area contributed by atoms with Crippen molar-refractivity contribution in [3.05, 3.63) is 24.3 Å². The van der Waals surface area contributed by atoms with Crippen molar-refractivity contribution in [3.8, 4) is 0 Å². The fourth-order valence-electron chi connectivity index (χ4n) is 2.36. The lowest BCUT2D eigenvalue weighted by Crippen LogP contribution is -2.43. The third-order valence-electron chi connectivity index (χ3n) is 4.08. The van der Waals surface area contributed by atoms with Gasteiger partial charge in [-0.3, -0.25) is 0 Å². The summed E-state index contributed by atoms with van der Waals surface area (Å²) < 4.78 is 50.8. The van der Waals surface area contributed by atoms with Crippen LogP contribution in [0.1, 0.15) is 33.6 Å². The Morgan fingerprint density at radius 3 is 2.05 bits per heavy atom. The Morgan fingerprint density at radius 1 is 1.05 bits per heavy atom. The van der Waals surface area contributed by atoms with Crippen molar-refractivity contribution in [1.82, 2.24) is 4.31 Å². The lowest BCUT2D eigenvalue weighted by atomic mass is 10.1. The normalized spacial score (nSPS) is 17.9. The van der Waals surface area contributed by atoms with Gasteiger partial charge in [-0.1, -0.05) is 19.9 Å². The van der Waals surface area contributed by atoms with Gasteiger partial charge in [-0.25, -0.2) is 16.8 Å². The van der Waals surface area contributed by atoms with Crippen molar-refractivity contribution in [2.75, 3.05) is 6.26 Å². The van der Waals surface area contributed by atoms with Crippen molar-refractivity contribution in [2.45, 2.75) is 55.5 Å². The molecule has 0 bridgehead atoms. The SMILES string of the molecule is CC(C)[C@@H](C)N(C1CC1)S(=O)(=O)c1cccc(S(C)(=O)=O)c1. The summed E-state index contributed by atoms with van der Waals surface area (Å²) in [5, 5.41) is 0. The van der Waals surface area contributed by atoms with Crippen molar-refractivity contribution in [2.24, 2.45) is 5.92 Å². The Balaban J connectivity index is 2.49. The van der Waals surface area contributed by atoms with E-state index in [4.69, 9.17) is 0 Å². The molecule has 1 aromatic carbocycles. The van der Waals surface area contributed by atoms with E-state index in [0.717, 1.165) is 19.1 Å². The highest BCUT2D eigenvalue weighted by Gasteiger charge is 2.42. The zero-order valence-electron chi connectivity index (χ0n) is 13.4. The molecule has 7 heteroatoms. The van der Waals surface area contributed by atoms with E-state index < -0.39 is 19.9 Å². The fourth-order valence-corrected chi connectivity index (χ4v) is 5.15. The maximum atomic E-state index is 13.0. The van der Waals surface area contributed by atoms with E-state index in [9.17, 15) is 16.8 Å². The molecule has 22 heavy (non-hydrogen) atoms.